The van der Waals surface area contributed by atoms with Crippen LogP contribution in [-0.2, 0) is 0 Å². The number of nitrogens with two attached hydrogens (primary N) is 2. The molecule has 1 heterocycles. The van der Waals surface area contributed by atoms with Crippen molar-refractivity contribution in [2.45, 2.75) is 5.16 Å². The van der Waals surface area contributed by atoms with Gasteiger partial charge in [0.2, 0.25) is 0 Å². The topological polar surface area (TPSA) is 77.8 Å². The second-order valence-corrected chi connectivity index (χ2v) is 3.36. The highest BCUT2D eigenvalue weighted by Gasteiger charge is 2.05. The Bertz CT molecular complexity index is 254. The van der Waals surface area contributed by atoms with Crippen molar-refractivity contribution in [3.05, 3.63) is 4.47 Å². The van der Waals surface area contributed by atoms with Gasteiger partial charge in [-0.3, -0.25) is 0 Å². The predicted octanol–water partition coefficient (Wildman–Crippen LogP) is 1.13. The molecule has 1 aromatic heterocycles. The highest BCUT2D eigenvalue weighted by Crippen LogP contribution is 2.24. The third kappa shape index (κ3) is 1.75. The molecule has 4 nitrogen and oxygen atoms in total. The smallest absolute Gasteiger partial charge is 0.191 e. The van der Waals surface area contributed by atoms with Gasteiger partial charge < -0.3 is 11.5 Å². The normalized spacial score (nSPS) is 10.0. The molecule has 0 aromatic carbocycles. The number of anilines is 2. The van der Waals surface area contributed by atoms with E-state index in [-0.39, 0.29) is 0 Å². The van der Waals surface area contributed by atoms with Crippen LogP contribution in [0.4, 0.5) is 11.6 Å². The fraction of sp³-hybridized carbons (Fsp3) is 0.200. The quantitative estimate of drug-likeness (QED) is 0.563. The summed E-state index contributed by atoms with van der Waals surface area (Å²) in [7, 11) is 0. The van der Waals surface area contributed by atoms with E-state index in [1.165, 1.54) is 11.8 Å². The maximum Gasteiger partial charge on any atom is 0.191 e. The molecule has 1 rings (SSSR count). The summed E-state index contributed by atoms with van der Waals surface area (Å²) in [5, 5.41) is 0.586. The van der Waals surface area contributed by atoms with E-state index in [4.69, 9.17) is 11.5 Å². The van der Waals surface area contributed by atoms with Gasteiger partial charge in [-0.05, 0) is 22.2 Å². The highest BCUT2D eigenvalue weighted by atomic mass is 79.9. The van der Waals surface area contributed by atoms with Gasteiger partial charge in [-0.25, -0.2) is 9.97 Å². The number of nitrogens with zero attached hydrogens (tertiary/aromatic N) is 2. The van der Waals surface area contributed by atoms with E-state index in [0.29, 0.717) is 21.3 Å². The van der Waals surface area contributed by atoms with Gasteiger partial charge in [0.15, 0.2) is 5.16 Å². The number of aromatic nitrogens is 2. The van der Waals surface area contributed by atoms with Gasteiger partial charge in [0.05, 0.1) is 0 Å². The fourth-order valence-electron chi connectivity index (χ4n) is 0.552. The fourth-order valence-corrected chi connectivity index (χ4v) is 1.11. The van der Waals surface area contributed by atoms with Gasteiger partial charge in [-0.2, -0.15) is 0 Å². The molecule has 1 aromatic rings. The molecule has 0 bridgehead atoms. The van der Waals surface area contributed by atoms with Gasteiger partial charge >= 0.3 is 0 Å². The molecule has 0 aliphatic heterocycles. The lowest BCUT2D eigenvalue weighted by molar-refractivity contribution is 0.981. The van der Waals surface area contributed by atoms with E-state index in [9.17, 15) is 0 Å². The predicted molar refractivity (Wildman–Crippen MR) is 50.3 cm³/mol. The van der Waals surface area contributed by atoms with Crippen LogP contribution in [-0.4, -0.2) is 16.2 Å². The number of halogens is 1. The lowest BCUT2D eigenvalue weighted by Gasteiger charge is -2.01. The third-order valence-electron chi connectivity index (χ3n) is 1.06. The van der Waals surface area contributed by atoms with Crippen molar-refractivity contribution in [3.8, 4) is 0 Å². The lowest BCUT2D eigenvalue weighted by Crippen LogP contribution is -2.01. The molecule has 0 spiro atoms. The molecule has 4 N–H and O–H groups in total. The van der Waals surface area contributed by atoms with Crippen LogP contribution in [0.3, 0.4) is 0 Å². The average Bonchev–Trinajstić information content (AvgIpc) is 1.99. The monoisotopic (exact) mass is 234 g/mol. The highest BCUT2D eigenvalue weighted by molar-refractivity contribution is 9.10. The first-order chi connectivity index (χ1) is 5.15. The van der Waals surface area contributed by atoms with E-state index in [1.54, 1.807) is 0 Å². The van der Waals surface area contributed by atoms with Crippen LogP contribution in [0.1, 0.15) is 0 Å². The maximum atomic E-state index is 5.51. The molecular weight excluding hydrogens is 228 g/mol. The molecule has 0 saturated heterocycles. The summed E-state index contributed by atoms with van der Waals surface area (Å²) in [4.78, 5) is 7.91. The molecule has 6 heteroatoms. The van der Waals surface area contributed by atoms with Crippen molar-refractivity contribution in [3.63, 3.8) is 0 Å². The standard InChI is InChI=1S/C5H7BrN4S/c1-11-5-9-3(7)2(6)4(8)10-5/h1H3,(H4,7,8,9,10). The molecule has 0 unspecified atom stereocenters. The molecule has 0 aliphatic carbocycles. The Hall–Kier alpha value is -0.490. The largest absolute Gasteiger partial charge is 0.383 e. The summed E-state index contributed by atoms with van der Waals surface area (Å²) < 4.78 is 0.565. The number of nitrogen functional groups attached to an aromatic ring is 2. The van der Waals surface area contributed by atoms with E-state index in [2.05, 4.69) is 25.9 Å². The lowest BCUT2D eigenvalue weighted by atomic mass is 10.5. The van der Waals surface area contributed by atoms with E-state index in [1.807, 2.05) is 6.26 Å². The molecule has 0 saturated carbocycles. The summed E-state index contributed by atoms with van der Waals surface area (Å²) >= 11 is 4.56. The Balaban J connectivity index is 3.21. The number of hydrogen-bond donors (Lipinski definition) is 2. The number of hydrogen-bond acceptors (Lipinski definition) is 5. The zero-order valence-corrected chi connectivity index (χ0v) is 8.24. The first-order valence-corrected chi connectivity index (χ1v) is 4.79. The van der Waals surface area contributed by atoms with E-state index < -0.39 is 0 Å². The summed E-state index contributed by atoms with van der Waals surface area (Å²) in [6.07, 6.45) is 1.86. The van der Waals surface area contributed by atoms with Gasteiger partial charge in [-0.1, -0.05) is 11.8 Å². The third-order valence-corrected chi connectivity index (χ3v) is 2.42. The molecule has 0 aliphatic rings. The van der Waals surface area contributed by atoms with Crippen molar-refractivity contribution in [2.75, 3.05) is 17.7 Å². The van der Waals surface area contributed by atoms with Crippen molar-refractivity contribution >= 4 is 39.3 Å². The van der Waals surface area contributed by atoms with E-state index in [0.717, 1.165) is 0 Å². The second kappa shape index (κ2) is 3.27. The average molecular weight is 235 g/mol. The summed E-state index contributed by atoms with van der Waals surface area (Å²) in [6.45, 7) is 0. The van der Waals surface area contributed by atoms with Crippen LogP contribution >= 0.6 is 27.7 Å². The number of thioether (sulfide) groups is 1. The zero-order valence-electron chi connectivity index (χ0n) is 5.84. The van der Waals surface area contributed by atoms with Crippen molar-refractivity contribution in [2.24, 2.45) is 0 Å². The Morgan fingerprint density at radius 1 is 1.27 bits per heavy atom. The molecule has 0 atom stereocenters. The van der Waals surface area contributed by atoms with Gasteiger partial charge in [0, 0.05) is 0 Å². The Morgan fingerprint density at radius 2 is 1.73 bits per heavy atom. The van der Waals surface area contributed by atoms with Gasteiger partial charge in [0.1, 0.15) is 16.1 Å². The maximum absolute atomic E-state index is 5.51. The van der Waals surface area contributed by atoms with Gasteiger partial charge in [0.25, 0.3) is 0 Å². The molecule has 0 radical (unpaired) electrons. The van der Waals surface area contributed by atoms with Crippen molar-refractivity contribution in [1.82, 2.24) is 9.97 Å². The summed E-state index contributed by atoms with van der Waals surface area (Å²) in [5.74, 6) is 0.753. The van der Waals surface area contributed by atoms with Crippen LogP contribution < -0.4 is 11.5 Å². The van der Waals surface area contributed by atoms with Gasteiger partial charge in [-0.15, -0.1) is 0 Å². The summed E-state index contributed by atoms with van der Waals surface area (Å²) in [6, 6.07) is 0. The van der Waals surface area contributed by atoms with Crippen LogP contribution in [0, 0.1) is 0 Å². The SMILES string of the molecule is CSc1nc(N)c(Br)c(N)n1. The minimum atomic E-state index is 0.377. The first kappa shape index (κ1) is 8.61. The van der Waals surface area contributed by atoms with Crippen LogP contribution in [0.5, 0.6) is 0 Å². The molecular formula is C5H7BrN4S. The Kier molecular flexibility index (Phi) is 2.56. The number of rotatable bonds is 1. The second-order valence-electron chi connectivity index (χ2n) is 1.79. The molecule has 0 amide bonds. The Morgan fingerprint density at radius 3 is 2.09 bits per heavy atom. The zero-order chi connectivity index (χ0) is 8.43. The minimum absolute atomic E-state index is 0.377. The van der Waals surface area contributed by atoms with Crippen LogP contribution in [0.15, 0.2) is 9.63 Å². The first-order valence-electron chi connectivity index (χ1n) is 2.77. The molecule has 11 heavy (non-hydrogen) atoms. The van der Waals surface area contributed by atoms with Crippen molar-refractivity contribution in [1.29, 1.82) is 0 Å². The Labute approximate surface area is 76.9 Å². The van der Waals surface area contributed by atoms with Crippen LogP contribution in [0.25, 0.3) is 0 Å². The van der Waals surface area contributed by atoms with Crippen molar-refractivity contribution < 1.29 is 0 Å². The minimum Gasteiger partial charge on any atom is -0.383 e. The summed E-state index contributed by atoms with van der Waals surface area (Å²) in [5.41, 5.74) is 11.0. The molecule has 60 valence electrons. The molecule has 0 fully saturated rings. The van der Waals surface area contributed by atoms with Crippen LogP contribution in [0.2, 0.25) is 0 Å². The van der Waals surface area contributed by atoms with E-state index >= 15 is 0 Å².